The van der Waals surface area contributed by atoms with E-state index in [4.69, 9.17) is 4.84 Å². The third kappa shape index (κ3) is 3.68. The van der Waals surface area contributed by atoms with Gasteiger partial charge in [-0.3, -0.25) is 4.84 Å². The molecule has 0 amide bonds. The molecule has 18 heavy (non-hydrogen) atoms. The Hall–Kier alpha value is -1.65. The van der Waals surface area contributed by atoms with Gasteiger partial charge < -0.3 is 4.57 Å². The van der Waals surface area contributed by atoms with E-state index in [-0.39, 0.29) is 0 Å². The molecule has 0 fully saturated rings. The molecule has 2 rings (SSSR count). The third-order valence-electron chi connectivity index (χ3n) is 2.68. The Balaban J connectivity index is 1.73. The molecule has 0 aliphatic heterocycles. The van der Waals surface area contributed by atoms with Crippen LogP contribution in [-0.4, -0.2) is 9.55 Å². The van der Waals surface area contributed by atoms with E-state index in [1.165, 1.54) is 0 Å². The van der Waals surface area contributed by atoms with Crippen molar-refractivity contribution in [3.8, 4) is 0 Å². The molecule has 96 valence electrons. The second-order valence-corrected chi connectivity index (χ2v) is 4.13. The first-order valence-corrected chi connectivity index (χ1v) is 6.28. The Bertz CT molecular complexity index is 453. The number of hydrogen-bond donors (Lipinski definition) is 1. The minimum atomic E-state index is 0.565. The molecular weight excluding hydrogens is 226 g/mol. The van der Waals surface area contributed by atoms with Crippen molar-refractivity contribution in [1.82, 2.24) is 15.0 Å². The van der Waals surface area contributed by atoms with Crippen molar-refractivity contribution in [2.24, 2.45) is 0 Å². The monoisotopic (exact) mass is 245 g/mol. The zero-order valence-electron chi connectivity index (χ0n) is 10.7. The first-order valence-electron chi connectivity index (χ1n) is 6.28. The first kappa shape index (κ1) is 12.8. The van der Waals surface area contributed by atoms with Crippen molar-refractivity contribution in [3.63, 3.8) is 0 Å². The molecule has 0 saturated carbocycles. The van der Waals surface area contributed by atoms with E-state index in [0.717, 1.165) is 24.4 Å². The van der Waals surface area contributed by atoms with Crippen LogP contribution in [0.25, 0.3) is 0 Å². The highest BCUT2D eigenvalue weighted by Crippen LogP contribution is 2.01. The molecule has 0 aliphatic carbocycles. The lowest BCUT2D eigenvalue weighted by Crippen LogP contribution is -2.17. The van der Waals surface area contributed by atoms with Gasteiger partial charge in [-0.05, 0) is 12.0 Å². The minimum absolute atomic E-state index is 0.565. The highest BCUT2D eigenvalue weighted by atomic mass is 16.6. The van der Waals surface area contributed by atoms with Gasteiger partial charge in [0.1, 0.15) is 5.82 Å². The Labute approximate surface area is 108 Å². The van der Waals surface area contributed by atoms with Crippen LogP contribution in [0.3, 0.4) is 0 Å². The average molecular weight is 245 g/mol. The first-order chi connectivity index (χ1) is 8.90. The summed E-state index contributed by atoms with van der Waals surface area (Å²) in [6.07, 6.45) is 4.93. The molecule has 1 aromatic carbocycles. The number of hydrogen-bond acceptors (Lipinski definition) is 3. The smallest absolute Gasteiger partial charge is 0.125 e. The number of aryl methyl sites for hydroxylation is 1. The largest absolute Gasteiger partial charge is 0.334 e. The quantitative estimate of drug-likeness (QED) is 0.602. The standard InChI is InChI=1S/C14H19N3O/c1-2-9-17-10-8-15-14(17)11-16-18-12-13-6-4-3-5-7-13/h3-8,10,16H,2,9,11-12H2,1H3. The fraction of sp³-hybridized carbons (Fsp3) is 0.357. The summed E-state index contributed by atoms with van der Waals surface area (Å²) in [6, 6.07) is 10.1. The lowest BCUT2D eigenvalue weighted by Gasteiger charge is -2.08. The molecule has 0 aliphatic rings. The Morgan fingerprint density at radius 3 is 2.89 bits per heavy atom. The summed E-state index contributed by atoms with van der Waals surface area (Å²) in [6.45, 7) is 4.34. The summed E-state index contributed by atoms with van der Waals surface area (Å²) in [5, 5.41) is 0. The topological polar surface area (TPSA) is 39.1 Å². The molecule has 0 unspecified atom stereocenters. The fourth-order valence-corrected chi connectivity index (χ4v) is 1.78. The summed E-state index contributed by atoms with van der Waals surface area (Å²) >= 11 is 0. The molecule has 0 spiro atoms. The zero-order chi connectivity index (χ0) is 12.6. The Kier molecular flexibility index (Phi) is 4.93. The van der Waals surface area contributed by atoms with Gasteiger partial charge in [0.15, 0.2) is 0 Å². The SMILES string of the molecule is CCCn1ccnc1CNOCc1ccccc1. The third-order valence-corrected chi connectivity index (χ3v) is 2.68. The van der Waals surface area contributed by atoms with Crippen LogP contribution in [0.2, 0.25) is 0 Å². The van der Waals surface area contributed by atoms with Gasteiger partial charge in [0, 0.05) is 18.9 Å². The maximum atomic E-state index is 5.42. The summed E-state index contributed by atoms with van der Waals surface area (Å²) in [7, 11) is 0. The maximum Gasteiger partial charge on any atom is 0.125 e. The lowest BCUT2D eigenvalue weighted by molar-refractivity contribution is 0.0216. The summed E-state index contributed by atoms with van der Waals surface area (Å²) in [4.78, 5) is 9.72. The number of rotatable bonds is 7. The molecule has 0 saturated heterocycles. The van der Waals surface area contributed by atoms with Gasteiger partial charge in [0.25, 0.3) is 0 Å². The Morgan fingerprint density at radius 1 is 1.28 bits per heavy atom. The number of hydroxylamine groups is 1. The van der Waals surface area contributed by atoms with Crippen molar-refractivity contribution in [2.45, 2.75) is 33.0 Å². The van der Waals surface area contributed by atoms with Crippen LogP contribution in [0.4, 0.5) is 0 Å². The van der Waals surface area contributed by atoms with E-state index in [1.54, 1.807) is 0 Å². The van der Waals surface area contributed by atoms with Gasteiger partial charge in [0.05, 0.1) is 13.2 Å². The highest BCUT2D eigenvalue weighted by Gasteiger charge is 2.01. The summed E-state index contributed by atoms with van der Waals surface area (Å²) in [5.74, 6) is 1.00. The van der Waals surface area contributed by atoms with Crippen LogP contribution in [-0.2, 0) is 24.5 Å². The van der Waals surface area contributed by atoms with Crippen molar-refractivity contribution < 1.29 is 4.84 Å². The second-order valence-electron chi connectivity index (χ2n) is 4.13. The molecule has 4 heteroatoms. The number of aromatic nitrogens is 2. The van der Waals surface area contributed by atoms with Crippen molar-refractivity contribution in [2.75, 3.05) is 0 Å². The van der Waals surface area contributed by atoms with E-state index in [1.807, 2.05) is 42.7 Å². The molecule has 1 N–H and O–H groups in total. The maximum absolute atomic E-state index is 5.42. The van der Waals surface area contributed by atoms with Crippen LogP contribution in [0.1, 0.15) is 24.7 Å². The Morgan fingerprint density at radius 2 is 2.11 bits per heavy atom. The number of nitrogens with zero attached hydrogens (tertiary/aromatic N) is 2. The normalized spacial score (nSPS) is 10.7. The number of benzene rings is 1. The van der Waals surface area contributed by atoms with Crippen LogP contribution in [0, 0.1) is 0 Å². The van der Waals surface area contributed by atoms with Crippen LogP contribution < -0.4 is 5.48 Å². The predicted molar refractivity (Wildman–Crippen MR) is 70.6 cm³/mol. The van der Waals surface area contributed by atoms with E-state index >= 15 is 0 Å². The van der Waals surface area contributed by atoms with Gasteiger partial charge in [0.2, 0.25) is 0 Å². The lowest BCUT2D eigenvalue weighted by atomic mass is 10.2. The van der Waals surface area contributed by atoms with E-state index in [0.29, 0.717) is 13.2 Å². The van der Waals surface area contributed by atoms with Gasteiger partial charge >= 0.3 is 0 Å². The number of imidazole rings is 1. The molecule has 0 radical (unpaired) electrons. The minimum Gasteiger partial charge on any atom is -0.334 e. The van der Waals surface area contributed by atoms with Gasteiger partial charge in [-0.2, -0.15) is 5.48 Å². The van der Waals surface area contributed by atoms with Crippen LogP contribution >= 0.6 is 0 Å². The summed E-state index contributed by atoms with van der Waals surface area (Å²) < 4.78 is 2.14. The zero-order valence-corrected chi connectivity index (χ0v) is 10.7. The van der Waals surface area contributed by atoms with E-state index < -0.39 is 0 Å². The van der Waals surface area contributed by atoms with E-state index in [2.05, 4.69) is 22.0 Å². The summed E-state index contributed by atoms with van der Waals surface area (Å²) in [5.41, 5.74) is 4.11. The second kappa shape index (κ2) is 6.93. The molecular formula is C14H19N3O. The van der Waals surface area contributed by atoms with Crippen LogP contribution in [0.5, 0.6) is 0 Å². The van der Waals surface area contributed by atoms with Crippen molar-refractivity contribution in [3.05, 3.63) is 54.1 Å². The predicted octanol–water partition coefficient (Wildman–Crippen LogP) is 2.51. The molecule has 2 aromatic rings. The van der Waals surface area contributed by atoms with Crippen molar-refractivity contribution >= 4 is 0 Å². The van der Waals surface area contributed by atoms with E-state index in [9.17, 15) is 0 Å². The average Bonchev–Trinajstić information content (AvgIpc) is 2.84. The van der Waals surface area contributed by atoms with Gasteiger partial charge in [-0.15, -0.1) is 0 Å². The van der Waals surface area contributed by atoms with Crippen LogP contribution in [0.15, 0.2) is 42.7 Å². The molecule has 1 aromatic heterocycles. The number of nitrogens with one attached hydrogen (secondary N) is 1. The van der Waals surface area contributed by atoms with Crippen molar-refractivity contribution in [1.29, 1.82) is 0 Å². The molecule has 0 atom stereocenters. The molecule has 1 heterocycles. The highest BCUT2D eigenvalue weighted by molar-refractivity contribution is 5.13. The molecule has 0 bridgehead atoms. The molecule has 4 nitrogen and oxygen atoms in total. The van der Waals surface area contributed by atoms with Gasteiger partial charge in [-0.1, -0.05) is 37.3 Å². The fourth-order valence-electron chi connectivity index (χ4n) is 1.78. The van der Waals surface area contributed by atoms with Gasteiger partial charge in [-0.25, -0.2) is 4.98 Å².